The summed E-state index contributed by atoms with van der Waals surface area (Å²) < 4.78 is 31.7. The molecule has 0 aromatic heterocycles. The number of aliphatic hydroxyl groups is 1. The maximum absolute atomic E-state index is 14.7. The molecule has 39 heavy (non-hydrogen) atoms. The van der Waals surface area contributed by atoms with Gasteiger partial charge in [0.2, 0.25) is 11.6 Å². The standard InChI is InChI=1S/C29H34O10/c1-12-17-18-22(26(5,34)23(33)35-18)38-29-19(17)25(4,20(12)31)8-9-27(39-29)11-28-14(7-6-13(27)21(29)32)24(2,3)36-15(28)10-16(30)37-28/h6,12,14-15,17-19,22,34H,7-11H2,1-5H3/t12-,14-,15+,17+,18+,19-,22-,25-,26+,27-,28+,29-/m0/s1. The molecule has 8 rings (SSSR count). The van der Waals surface area contributed by atoms with Gasteiger partial charge in [-0.2, -0.15) is 0 Å². The van der Waals surface area contributed by atoms with Crippen LogP contribution in [0.4, 0.5) is 0 Å². The molecule has 2 bridgehead atoms. The average Bonchev–Trinajstić information content (AvgIpc) is 3.40. The number of ketones is 2. The van der Waals surface area contributed by atoms with E-state index < -0.39 is 75.6 Å². The van der Waals surface area contributed by atoms with E-state index >= 15 is 0 Å². The van der Waals surface area contributed by atoms with Gasteiger partial charge >= 0.3 is 11.9 Å². The molecule has 0 aromatic carbocycles. The zero-order chi connectivity index (χ0) is 27.7. The number of hydrogen-bond acceptors (Lipinski definition) is 10. The van der Waals surface area contributed by atoms with Crippen molar-refractivity contribution in [2.45, 2.75) is 113 Å². The van der Waals surface area contributed by atoms with Gasteiger partial charge in [-0.05, 0) is 40.0 Å². The summed E-state index contributed by atoms with van der Waals surface area (Å²) in [6, 6.07) is 0. The van der Waals surface area contributed by atoms with E-state index in [1.54, 1.807) is 6.92 Å². The summed E-state index contributed by atoms with van der Waals surface area (Å²) in [4.78, 5) is 54.1. The van der Waals surface area contributed by atoms with Crippen molar-refractivity contribution in [3.63, 3.8) is 0 Å². The van der Waals surface area contributed by atoms with E-state index in [0.29, 0.717) is 24.8 Å². The predicted octanol–water partition coefficient (Wildman–Crippen LogP) is 1.55. The Hall–Kier alpha value is -2.14. The Morgan fingerprint density at radius 2 is 1.77 bits per heavy atom. The fourth-order valence-electron chi connectivity index (χ4n) is 10.2. The molecular formula is C29H34O10. The van der Waals surface area contributed by atoms with Crippen LogP contribution in [-0.4, -0.2) is 75.1 Å². The van der Waals surface area contributed by atoms with Crippen LogP contribution in [0.3, 0.4) is 0 Å². The van der Waals surface area contributed by atoms with Crippen LogP contribution in [0.15, 0.2) is 11.6 Å². The number of hydrogen-bond donors (Lipinski definition) is 1. The smallest absolute Gasteiger partial charge is 0.341 e. The highest BCUT2D eigenvalue weighted by Gasteiger charge is 2.83. The van der Waals surface area contributed by atoms with Crippen LogP contribution in [0.5, 0.6) is 0 Å². The third kappa shape index (κ3) is 2.48. The quantitative estimate of drug-likeness (QED) is 0.449. The largest absolute Gasteiger partial charge is 0.457 e. The zero-order valence-electron chi connectivity index (χ0n) is 22.8. The first kappa shape index (κ1) is 24.6. The van der Waals surface area contributed by atoms with Gasteiger partial charge in [0.05, 0.1) is 12.0 Å². The molecule has 6 heterocycles. The molecular weight excluding hydrogens is 508 g/mol. The maximum atomic E-state index is 14.7. The number of Topliss-reactive ketones (excluding diaryl/α,β-unsaturated/α-hetero) is 2. The van der Waals surface area contributed by atoms with Crippen LogP contribution < -0.4 is 0 Å². The summed E-state index contributed by atoms with van der Waals surface area (Å²) in [6.45, 7) is 8.97. The first-order valence-electron chi connectivity index (χ1n) is 14.1. The highest BCUT2D eigenvalue weighted by atomic mass is 16.7. The summed E-state index contributed by atoms with van der Waals surface area (Å²) in [5, 5.41) is 11.2. The second-order valence-corrected chi connectivity index (χ2v) is 14.2. The molecule has 1 N–H and O–H groups in total. The zero-order valence-corrected chi connectivity index (χ0v) is 22.8. The minimum absolute atomic E-state index is 0.0187. The van der Waals surface area contributed by atoms with Gasteiger partial charge < -0.3 is 28.8 Å². The van der Waals surface area contributed by atoms with E-state index in [4.69, 9.17) is 23.7 Å². The molecule has 8 aliphatic rings. The molecule has 210 valence electrons. The second kappa shape index (κ2) is 6.66. The van der Waals surface area contributed by atoms with Gasteiger partial charge in [-0.15, -0.1) is 0 Å². The topological polar surface area (TPSA) is 135 Å². The van der Waals surface area contributed by atoms with E-state index in [0.717, 1.165) is 0 Å². The van der Waals surface area contributed by atoms with Crippen molar-refractivity contribution in [2.24, 2.45) is 29.1 Å². The van der Waals surface area contributed by atoms with Gasteiger partial charge in [-0.3, -0.25) is 14.4 Å². The fraction of sp³-hybridized carbons (Fsp3) is 0.793. The van der Waals surface area contributed by atoms with Gasteiger partial charge in [-0.25, -0.2) is 4.79 Å². The minimum Gasteiger partial charge on any atom is -0.457 e. The molecule has 1 saturated carbocycles. The molecule has 0 aromatic rings. The van der Waals surface area contributed by atoms with Gasteiger partial charge in [0.25, 0.3) is 0 Å². The van der Waals surface area contributed by atoms with Crippen molar-refractivity contribution in [3.8, 4) is 0 Å². The predicted molar refractivity (Wildman–Crippen MR) is 129 cm³/mol. The van der Waals surface area contributed by atoms with E-state index in [1.165, 1.54) is 6.92 Å². The van der Waals surface area contributed by atoms with Gasteiger partial charge in [0.15, 0.2) is 5.60 Å². The highest BCUT2D eigenvalue weighted by molar-refractivity contribution is 6.07. The lowest BCUT2D eigenvalue weighted by Crippen LogP contribution is -2.65. The van der Waals surface area contributed by atoms with Crippen molar-refractivity contribution < 1.29 is 48.0 Å². The molecule has 7 fully saturated rings. The van der Waals surface area contributed by atoms with Crippen LogP contribution >= 0.6 is 0 Å². The van der Waals surface area contributed by atoms with E-state index in [9.17, 15) is 24.3 Å². The van der Waals surface area contributed by atoms with E-state index in [-0.39, 0.29) is 36.3 Å². The number of ether oxygens (including phenoxy) is 5. The molecule has 10 heteroatoms. The Labute approximate surface area is 225 Å². The summed E-state index contributed by atoms with van der Waals surface area (Å²) in [6.07, 6.45) is 0.951. The number of allylic oxidation sites excluding steroid dienone is 1. The lowest BCUT2D eigenvalue weighted by molar-refractivity contribution is -0.337. The lowest BCUT2D eigenvalue weighted by atomic mass is 9.62. The Balaban J connectivity index is 1.33. The van der Waals surface area contributed by atoms with Crippen molar-refractivity contribution in [1.82, 2.24) is 0 Å². The Kier molecular flexibility index (Phi) is 4.21. The van der Waals surface area contributed by atoms with Crippen molar-refractivity contribution >= 4 is 23.5 Å². The summed E-state index contributed by atoms with van der Waals surface area (Å²) in [5.41, 5.74) is -5.26. The first-order valence-corrected chi connectivity index (χ1v) is 14.1. The Morgan fingerprint density at radius 3 is 2.51 bits per heavy atom. The fourth-order valence-corrected chi connectivity index (χ4v) is 10.2. The molecule has 0 amide bonds. The second-order valence-electron chi connectivity index (χ2n) is 14.2. The maximum Gasteiger partial charge on any atom is 0.341 e. The van der Waals surface area contributed by atoms with Crippen molar-refractivity contribution in [3.05, 3.63) is 11.6 Å². The summed E-state index contributed by atoms with van der Waals surface area (Å²) >= 11 is 0. The monoisotopic (exact) mass is 542 g/mol. The van der Waals surface area contributed by atoms with Crippen LogP contribution in [0.1, 0.15) is 66.7 Å². The first-order chi connectivity index (χ1) is 18.1. The van der Waals surface area contributed by atoms with Crippen LogP contribution in [0.2, 0.25) is 0 Å². The Morgan fingerprint density at radius 1 is 1.03 bits per heavy atom. The third-order valence-corrected chi connectivity index (χ3v) is 11.9. The number of esters is 2. The number of fused-ring (bicyclic) bond motifs is 2. The van der Waals surface area contributed by atoms with Crippen LogP contribution in [-0.2, 0) is 42.9 Å². The van der Waals surface area contributed by atoms with Crippen LogP contribution in [0.25, 0.3) is 0 Å². The molecule has 2 aliphatic carbocycles. The number of carbonyl (C=O) groups excluding carboxylic acids is 4. The number of carbonyl (C=O) groups is 4. The molecule has 0 unspecified atom stereocenters. The molecule has 12 atom stereocenters. The van der Waals surface area contributed by atoms with E-state index in [1.807, 2.05) is 26.8 Å². The molecule has 6 aliphatic heterocycles. The Bertz CT molecular complexity index is 1310. The van der Waals surface area contributed by atoms with Gasteiger partial charge in [0.1, 0.15) is 35.3 Å². The normalized spacial score (nSPS) is 57.9. The van der Waals surface area contributed by atoms with Gasteiger partial charge in [-0.1, -0.05) is 19.9 Å². The van der Waals surface area contributed by atoms with Crippen LogP contribution in [0, 0.1) is 29.1 Å². The lowest BCUT2D eigenvalue weighted by Gasteiger charge is -2.50. The highest BCUT2D eigenvalue weighted by Crippen LogP contribution is 2.70. The summed E-state index contributed by atoms with van der Waals surface area (Å²) in [7, 11) is 0. The third-order valence-electron chi connectivity index (χ3n) is 11.9. The average molecular weight is 543 g/mol. The summed E-state index contributed by atoms with van der Waals surface area (Å²) in [5.74, 6) is -5.41. The molecule has 10 nitrogen and oxygen atoms in total. The molecule has 3 spiro atoms. The number of rotatable bonds is 0. The SMILES string of the molecule is C[C@@H]1C(=O)[C@@]2(C)CC[C@]34C[C@]56OC(=O)C[C@H]5OC(C)(C)[C@@H]6CC=C3C(=O)[C@@]3(O[C@H]5[C@H](OC(=O)[C@]5(C)O)[C@@H]1[C@H]32)O4. The molecule has 0 radical (unpaired) electrons. The van der Waals surface area contributed by atoms with Gasteiger partial charge in [0, 0.05) is 41.1 Å². The van der Waals surface area contributed by atoms with E-state index in [2.05, 4.69) is 0 Å². The minimum atomic E-state index is -2.01. The molecule has 6 saturated heterocycles. The van der Waals surface area contributed by atoms with Crippen molar-refractivity contribution in [1.29, 1.82) is 0 Å². The van der Waals surface area contributed by atoms with Crippen molar-refractivity contribution in [2.75, 3.05) is 0 Å².